The largest absolute Gasteiger partial charge is 0.394 e. The summed E-state index contributed by atoms with van der Waals surface area (Å²) < 4.78 is 0. The van der Waals surface area contributed by atoms with Crippen molar-refractivity contribution < 1.29 is 5.11 Å². The van der Waals surface area contributed by atoms with Gasteiger partial charge in [0.25, 0.3) is 0 Å². The van der Waals surface area contributed by atoms with Gasteiger partial charge in [0.2, 0.25) is 0 Å². The van der Waals surface area contributed by atoms with Crippen LogP contribution in [0.25, 0.3) is 0 Å². The number of halogens is 1. The molecule has 2 N–H and O–H groups in total. The third kappa shape index (κ3) is 3.49. The Morgan fingerprint density at radius 1 is 1.40 bits per heavy atom. The second-order valence-electron chi connectivity index (χ2n) is 4.06. The highest BCUT2D eigenvalue weighted by molar-refractivity contribution is 6.30. The molecule has 0 bridgehead atoms. The molecule has 1 unspecified atom stereocenters. The Morgan fingerprint density at radius 2 is 2.07 bits per heavy atom. The molecule has 0 spiro atoms. The highest BCUT2D eigenvalue weighted by Gasteiger charge is 2.13. The Hall–Kier alpha value is -0.570. The van der Waals surface area contributed by atoms with Crippen molar-refractivity contribution in [1.82, 2.24) is 5.32 Å². The highest BCUT2D eigenvalue weighted by atomic mass is 35.5. The van der Waals surface area contributed by atoms with Gasteiger partial charge in [-0.3, -0.25) is 0 Å². The van der Waals surface area contributed by atoms with E-state index in [2.05, 4.69) is 19.2 Å². The summed E-state index contributed by atoms with van der Waals surface area (Å²) in [6.45, 7) is 6.23. The first-order valence-electron chi connectivity index (χ1n) is 5.17. The van der Waals surface area contributed by atoms with Crippen LogP contribution in [0.5, 0.6) is 0 Å². The quantitative estimate of drug-likeness (QED) is 0.829. The third-order valence-electron chi connectivity index (χ3n) is 2.32. The van der Waals surface area contributed by atoms with Gasteiger partial charge in [0.05, 0.1) is 12.6 Å². The Morgan fingerprint density at radius 3 is 2.53 bits per heavy atom. The lowest BCUT2D eigenvalue weighted by atomic mass is 10.0. The molecule has 0 radical (unpaired) electrons. The first kappa shape index (κ1) is 12.5. The van der Waals surface area contributed by atoms with E-state index in [0.29, 0.717) is 6.04 Å². The maximum absolute atomic E-state index is 9.33. The molecule has 3 heteroatoms. The van der Waals surface area contributed by atoms with Crippen LogP contribution in [-0.4, -0.2) is 17.8 Å². The van der Waals surface area contributed by atoms with Crippen molar-refractivity contribution >= 4 is 11.6 Å². The summed E-state index contributed by atoms with van der Waals surface area (Å²) in [5.41, 5.74) is 2.21. The molecule has 1 rings (SSSR count). The Bertz CT molecular complexity index is 325. The number of hydrogen-bond donors (Lipinski definition) is 2. The van der Waals surface area contributed by atoms with Gasteiger partial charge in [-0.15, -0.1) is 0 Å². The fourth-order valence-corrected chi connectivity index (χ4v) is 1.90. The first-order valence-corrected chi connectivity index (χ1v) is 5.55. The van der Waals surface area contributed by atoms with Gasteiger partial charge < -0.3 is 10.4 Å². The number of aliphatic hydroxyl groups is 1. The van der Waals surface area contributed by atoms with Crippen molar-refractivity contribution in [2.24, 2.45) is 0 Å². The second-order valence-corrected chi connectivity index (χ2v) is 4.49. The number of aliphatic hydroxyl groups excluding tert-OH is 1. The minimum Gasteiger partial charge on any atom is -0.394 e. The van der Waals surface area contributed by atoms with Gasteiger partial charge in [0, 0.05) is 11.1 Å². The summed E-state index contributed by atoms with van der Waals surface area (Å²) in [6.07, 6.45) is 0. The van der Waals surface area contributed by atoms with Crippen LogP contribution >= 0.6 is 11.6 Å². The number of hydrogen-bond acceptors (Lipinski definition) is 2. The fraction of sp³-hybridized carbons (Fsp3) is 0.500. The van der Waals surface area contributed by atoms with E-state index in [1.807, 2.05) is 25.1 Å². The molecule has 0 saturated heterocycles. The van der Waals surface area contributed by atoms with Gasteiger partial charge in [-0.2, -0.15) is 0 Å². The van der Waals surface area contributed by atoms with E-state index in [4.69, 9.17) is 11.6 Å². The van der Waals surface area contributed by atoms with Crippen LogP contribution < -0.4 is 5.32 Å². The topological polar surface area (TPSA) is 32.3 Å². The minimum atomic E-state index is -0.0118. The van der Waals surface area contributed by atoms with E-state index < -0.39 is 0 Å². The maximum atomic E-state index is 9.33. The predicted molar refractivity (Wildman–Crippen MR) is 64.3 cm³/mol. The van der Waals surface area contributed by atoms with E-state index in [9.17, 15) is 5.11 Å². The number of benzene rings is 1. The number of nitrogens with one attached hydrogen (secondary N) is 1. The van der Waals surface area contributed by atoms with Gasteiger partial charge in [-0.1, -0.05) is 31.5 Å². The zero-order chi connectivity index (χ0) is 11.4. The molecule has 0 aliphatic heterocycles. The summed E-state index contributed by atoms with van der Waals surface area (Å²) in [4.78, 5) is 0. The molecule has 0 heterocycles. The molecule has 0 amide bonds. The highest BCUT2D eigenvalue weighted by Crippen LogP contribution is 2.21. The molecule has 0 aliphatic rings. The molecule has 0 aliphatic carbocycles. The van der Waals surface area contributed by atoms with Gasteiger partial charge in [-0.25, -0.2) is 0 Å². The fourth-order valence-electron chi connectivity index (χ4n) is 1.67. The minimum absolute atomic E-state index is 0.0118. The summed E-state index contributed by atoms with van der Waals surface area (Å²) in [5.74, 6) is 0. The van der Waals surface area contributed by atoms with Crippen LogP contribution in [-0.2, 0) is 0 Å². The lowest BCUT2D eigenvalue weighted by Crippen LogP contribution is -2.30. The van der Waals surface area contributed by atoms with Crippen LogP contribution in [0, 0.1) is 6.92 Å². The van der Waals surface area contributed by atoms with Crippen molar-refractivity contribution in [3.63, 3.8) is 0 Å². The van der Waals surface area contributed by atoms with E-state index in [0.717, 1.165) is 16.1 Å². The van der Waals surface area contributed by atoms with Crippen molar-refractivity contribution in [2.45, 2.75) is 32.9 Å². The zero-order valence-electron chi connectivity index (χ0n) is 9.42. The SMILES string of the molecule is Cc1cc(Cl)ccc1C(CO)NC(C)C. The first-order chi connectivity index (χ1) is 7.04. The third-order valence-corrected chi connectivity index (χ3v) is 2.56. The van der Waals surface area contributed by atoms with Gasteiger partial charge in [0.15, 0.2) is 0 Å². The predicted octanol–water partition coefficient (Wildman–Crippen LogP) is 2.68. The van der Waals surface area contributed by atoms with Crippen molar-refractivity contribution in [2.75, 3.05) is 6.61 Å². The van der Waals surface area contributed by atoms with Crippen LogP contribution in [0.1, 0.15) is 31.0 Å². The van der Waals surface area contributed by atoms with E-state index in [1.54, 1.807) is 0 Å². The van der Waals surface area contributed by atoms with Crippen LogP contribution in [0.2, 0.25) is 5.02 Å². The molecule has 1 aromatic carbocycles. The molecular formula is C12H18ClNO. The van der Waals surface area contributed by atoms with Crippen LogP contribution in [0.15, 0.2) is 18.2 Å². The zero-order valence-corrected chi connectivity index (χ0v) is 10.2. The smallest absolute Gasteiger partial charge is 0.0626 e. The van der Waals surface area contributed by atoms with Gasteiger partial charge in [-0.05, 0) is 30.2 Å². The molecule has 2 nitrogen and oxygen atoms in total. The maximum Gasteiger partial charge on any atom is 0.0626 e. The summed E-state index contributed by atoms with van der Waals surface area (Å²) in [7, 11) is 0. The molecular weight excluding hydrogens is 210 g/mol. The Labute approximate surface area is 96.3 Å². The van der Waals surface area contributed by atoms with Crippen molar-refractivity contribution in [3.05, 3.63) is 34.3 Å². The van der Waals surface area contributed by atoms with E-state index in [1.165, 1.54) is 0 Å². The lowest BCUT2D eigenvalue weighted by Gasteiger charge is -2.21. The van der Waals surface area contributed by atoms with E-state index >= 15 is 0 Å². The molecule has 0 aromatic heterocycles. The Kier molecular flexibility index (Phi) is 4.58. The van der Waals surface area contributed by atoms with Gasteiger partial charge in [0.1, 0.15) is 0 Å². The average Bonchev–Trinajstić information content (AvgIpc) is 2.14. The second kappa shape index (κ2) is 5.50. The van der Waals surface area contributed by atoms with Crippen molar-refractivity contribution in [3.8, 4) is 0 Å². The van der Waals surface area contributed by atoms with E-state index in [-0.39, 0.29) is 12.6 Å². The molecule has 84 valence electrons. The molecule has 0 fully saturated rings. The normalized spacial score (nSPS) is 13.2. The van der Waals surface area contributed by atoms with Crippen LogP contribution in [0.3, 0.4) is 0 Å². The van der Waals surface area contributed by atoms with Crippen LogP contribution in [0.4, 0.5) is 0 Å². The summed E-state index contributed by atoms with van der Waals surface area (Å²) in [5, 5.41) is 13.4. The summed E-state index contributed by atoms with van der Waals surface area (Å²) in [6, 6.07) is 6.07. The summed E-state index contributed by atoms with van der Waals surface area (Å²) >= 11 is 5.89. The molecule has 0 saturated carbocycles. The van der Waals surface area contributed by atoms with Gasteiger partial charge >= 0.3 is 0 Å². The monoisotopic (exact) mass is 227 g/mol. The number of aryl methyl sites for hydroxylation is 1. The standard InChI is InChI=1S/C12H18ClNO/c1-8(2)14-12(7-15)11-5-4-10(13)6-9(11)3/h4-6,8,12,14-15H,7H2,1-3H3. The molecule has 15 heavy (non-hydrogen) atoms. The lowest BCUT2D eigenvalue weighted by molar-refractivity contribution is 0.237. The molecule has 1 atom stereocenters. The molecule has 1 aromatic rings. The number of rotatable bonds is 4. The Balaban J connectivity index is 2.91. The van der Waals surface area contributed by atoms with Crippen molar-refractivity contribution in [1.29, 1.82) is 0 Å². The average molecular weight is 228 g/mol.